The normalized spacial score (nSPS) is 16.8. The first-order valence-electron chi connectivity index (χ1n) is 14.4. The third-order valence-electron chi connectivity index (χ3n) is 7.37. The lowest BCUT2D eigenvalue weighted by Crippen LogP contribution is -2.48. The molecule has 17 heteroatoms. The van der Waals surface area contributed by atoms with Crippen molar-refractivity contribution in [2.24, 2.45) is 5.10 Å². The van der Waals surface area contributed by atoms with Crippen LogP contribution in [-0.2, 0) is 33.2 Å². The highest BCUT2D eigenvalue weighted by atomic mass is 28.3. The standard InChI is InChI=1S/C28H37F6N7O3Si/c1-20(41-17-23(28(32,33)34)22-16-40(37-15-24(22)41)19-44-11-12-45(2,3)4)18-43-10-5-25(42)38-6-8-39(9-7-38)26-35-13-21(14-36-26)27(29,30)31/h5,10,13-15,17,20H,6-9,11-12,16,18-19H2,1-4H3/b10-5+. The van der Waals surface area contributed by atoms with Crippen LogP contribution in [0.4, 0.5) is 32.3 Å². The fraction of sp³-hybridized carbons (Fsp3) is 0.571. The summed E-state index contributed by atoms with van der Waals surface area (Å²) in [6, 6.07) is 0.433. The van der Waals surface area contributed by atoms with E-state index < -0.39 is 37.6 Å². The molecule has 0 saturated carbocycles. The third-order valence-corrected chi connectivity index (χ3v) is 9.07. The molecule has 0 N–H and O–H groups in total. The van der Waals surface area contributed by atoms with E-state index >= 15 is 0 Å². The summed E-state index contributed by atoms with van der Waals surface area (Å²) >= 11 is 0. The van der Waals surface area contributed by atoms with Crippen molar-refractivity contribution < 1.29 is 40.6 Å². The molecule has 4 heterocycles. The molecule has 2 aliphatic rings. The Morgan fingerprint density at radius 2 is 1.71 bits per heavy atom. The lowest BCUT2D eigenvalue weighted by molar-refractivity contribution is -0.139. The van der Waals surface area contributed by atoms with Crippen LogP contribution in [0.1, 0.15) is 35.3 Å². The molecular weight excluding hydrogens is 624 g/mol. The largest absolute Gasteiger partial charge is 0.499 e. The molecule has 2 aliphatic heterocycles. The van der Waals surface area contributed by atoms with Gasteiger partial charge in [-0.2, -0.15) is 31.4 Å². The van der Waals surface area contributed by atoms with Gasteiger partial charge < -0.3 is 23.8 Å². The van der Waals surface area contributed by atoms with E-state index in [0.29, 0.717) is 38.5 Å². The van der Waals surface area contributed by atoms with Crippen LogP contribution in [0, 0.1) is 0 Å². The zero-order valence-corrected chi connectivity index (χ0v) is 26.5. The van der Waals surface area contributed by atoms with Gasteiger partial charge in [-0.05, 0) is 13.0 Å². The topological polar surface area (TPSA) is 88.3 Å². The number of halogens is 6. The van der Waals surface area contributed by atoms with Crippen LogP contribution < -0.4 is 4.90 Å². The lowest BCUT2D eigenvalue weighted by Gasteiger charge is -2.34. The summed E-state index contributed by atoms with van der Waals surface area (Å²) in [6.45, 7) is 10.2. The van der Waals surface area contributed by atoms with Crippen molar-refractivity contribution in [2.75, 3.05) is 51.0 Å². The van der Waals surface area contributed by atoms with Gasteiger partial charge in [0.2, 0.25) is 11.9 Å². The molecule has 2 aromatic rings. The van der Waals surface area contributed by atoms with Gasteiger partial charge in [0.25, 0.3) is 0 Å². The zero-order chi connectivity index (χ0) is 33.0. The van der Waals surface area contributed by atoms with Gasteiger partial charge in [-0.25, -0.2) is 9.97 Å². The maximum atomic E-state index is 13.9. The Labute approximate surface area is 258 Å². The number of fused-ring (bicyclic) bond motifs is 1. The highest BCUT2D eigenvalue weighted by Crippen LogP contribution is 2.37. The minimum atomic E-state index is -4.56. The van der Waals surface area contributed by atoms with Crippen molar-refractivity contribution in [2.45, 2.75) is 57.5 Å². The van der Waals surface area contributed by atoms with Gasteiger partial charge in [-0.1, -0.05) is 19.6 Å². The van der Waals surface area contributed by atoms with Crippen LogP contribution in [0.3, 0.4) is 0 Å². The van der Waals surface area contributed by atoms with Gasteiger partial charge in [0.15, 0.2) is 0 Å². The summed E-state index contributed by atoms with van der Waals surface area (Å²) in [5.41, 5.74) is -1.23. The minimum absolute atomic E-state index is 0.00140. The van der Waals surface area contributed by atoms with E-state index in [-0.39, 0.29) is 37.3 Å². The smallest absolute Gasteiger partial charge is 0.419 e. The molecule has 0 spiro atoms. The maximum Gasteiger partial charge on any atom is 0.419 e. The van der Waals surface area contributed by atoms with E-state index in [1.54, 1.807) is 16.7 Å². The summed E-state index contributed by atoms with van der Waals surface area (Å²) < 4.78 is 92.7. The van der Waals surface area contributed by atoms with E-state index in [1.165, 1.54) is 28.1 Å². The second kappa shape index (κ2) is 13.8. The van der Waals surface area contributed by atoms with E-state index in [2.05, 4.69) is 34.7 Å². The SMILES string of the molecule is CC(CO/C=C/C(=O)N1CCN(c2ncc(C(F)(F)F)cn2)CC1)n1cc(C(F)(F)F)c2c1C=NN(COCC[Si](C)(C)C)C2. The number of ether oxygens (including phenoxy) is 2. The van der Waals surface area contributed by atoms with Crippen LogP contribution in [0.25, 0.3) is 0 Å². The zero-order valence-electron chi connectivity index (χ0n) is 25.5. The Hall–Kier alpha value is -3.60. The summed E-state index contributed by atoms with van der Waals surface area (Å²) in [6.07, 6.45) is -2.73. The molecular formula is C28H37F6N7O3Si. The summed E-state index contributed by atoms with van der Waals surface area (Å²) in [7, 11) is -1.30. The van der Waals surface area contributed by atoms with Crippen molar-refractivity contribution in [1.82, 2.24) is 24.4 Å². The highest BCUT2D eigenvalue weighted by molar-refractivity contribution is 6.76. The number of carbonyl (C=O) groups excluding carboxylic acids is 1. The van der Waals surface area contributed by atoms with Gasteiger partial charge in [0.1, 0.15) is 13.3 Å². The van der Waals surface area contributed by atoms with Gasteiger partial charge in [0.05, 0.1) is 41.9 Å². The van der Waals surface area contributed by atoms with Gasteiger partial charge >= 0.3 is 12.4 Å². The van der Waals surface area contributed by atoms with Crippen LogP contribution in [-0.4, -0.2) is 90.8 Å². The molecule has 1 amide bonds. The molecule has 1 atom stereocenters. The molecule has 1 unspecified atom stereocenters. The predicted octanol–water partition coefficient (Wildman–Crippen LogP) is 5.22. The van der Waals surface area contributed by atoms with Gasteiger partial charge in [-0.15, -0.1) is 0 Å². The molecule has 1 saturated heterocycles. The van der Waals surface area contributed by atoms with Crippen molar-refractivity contribution >= 4 is 26.1 Å². The maximum absolute atomic E-state index is 13.9. The van der Waals surface area contributed by atoms with E-state index in [1.807, 2.05) is 0 Å². The van der Waals surface area contributed by atoms with Crippen LogP contribution in [0.15, 0.2) is 36.0 Å². The number of rotatable bonds is 11. The Morgan fingerprint density at radius 3 is 2.31 bits per heavy atom. The Balaban J connectivity index is 1.28. The second-order valence-electron chi connectivity index (χ2n) is 12.1. The Bertz CT molecular complexity index is 1360. The van der Waals surface area contributed by atoms with Crippen LogP contribution in [0.5, 0.6) is 0 Å². The first-order valence-corrected chi connectivity index (χ1v) is 18.1. The molecule has 2 aromatic heterocycles. The number of hydrazone groups is 1. The highest BCUT2D eigenvalue weighted by Gasteiger charge is 2.38. The van der Waals surface area contributed by atoms with E-state index in [9.17, 15) is 31.1 Å². The predicted molar refractivity (Wildman–Crippen MR) is 157 cm³/mol. The van der Waals surface area contributed by atoms with Crippen LogP contribution in [0.2, 0.25) is 25.7 Å². The number of carbonyl (C=O) groups is 1. The first-order chi connectivity index (χ1) is 21.0. The number of alkyl halides is 6. The van der Waals surface area contributed by atoms with Gasteiger partial charge in [-0.3, -0.25) is 9.80 Å². The number of anilines is 1. The van der Waals surface area contributed by atoms with Crippen molar-refractivity contribution in [3.63, 3.8) is 0 Å². The number of amides is 1. The molecule has 0 radical (unpaired) electrons. The van der Waals surface area contributed by atoms with Crippen molar-refractivity contribution in [1.29, 1.82) is 0 Å². The summed E-state index contributed by atoms with van der Waals surface area (Å²) in [5, 5.41) is 5.77. The molecule has 0 bridgehead atoms. The molecule has 45 heavy (non-hydrogen) atoms. The quantitative estimate of drug-likeness (QED) is 0.107. The first kappa shape index (κ1) is 34.3. The van der Waals surface area contributed by atoms with Gasteiger partial charge in [0, 0.05) is 71.1 Å². The second-order valence-corrected chi connectivity index (χ2v) is 17.8. The molecule has 10 nitrogen and oxygen atoms in total. The molecule has 0 aromatic carbocycles. The molecule has 0 aliphatic carbocycles. The fourth-order valence-corrected chi connectivity index (χ4v) is 5.49. The number of piperazine rings is 1. The Morgan fingerprint density at radius 1 is 1.04 bits per heavy atom. The monoisotopic (exact) mass is 661 g/mol. The van der Waals surface area contributed by atoms with E-state index in [4.69, 9.17) is 9.47 Å². The molecule has 1 fully saturated rings. The summed E-state index contributed by atoms with van der Waals surface area (Å²) in [5.74, 6) is -0.194. The number of aromatic nitrogens is 3. The average molecular weight is 662 g/mol. The van der Waals surface area contributed by atoms with Crippen LogP contribution >= 0.6 is 0 Å². The summed E-state index contributed by atoms with van der Waals surface area (Å²) in [4.78, 5) is 23.4. The number of hydrogen-bond donors (Lipinski definition) is 0. The molecule has 4 rings (SSSR count). The minimum Gasteiger partial charge on any atom is -0.499 e. The van der Waals surface area contributed by atoms with Crippen molar-refractivity contribution in [3.8, 4) is 0 Å². The molecule has 248 valence electrons. The van der Waals surface area contributed by atoms with Crippen molar-refractivity contribution in [3.05, 3.63) is 53.3 Å². The van der Waals surface area contributed by atoms with E-state index in [0.717, 1.165) is 24.6 Å². The average Bonchev–Trinajstić information content (AvgIpc) is 3.36. The fourth-order valence-electron chi connectivity index (χ4n) is 4.73. The number of nitrogens with zero attached hydrogens (tertiary/aromatic N) is 7. The Kier molecular flexibility index (Phi) is 10.5. The number of hydrogen-bond acceptors (Lipinski definition) is 8. The lowest BCUT2D eigenvalue weighted by atomic mass is 10.1. The third kappa shape index (κ3) is 9.21.